The van der Waals surface area contributed by atoms with Crippen LogP contribution in [0.2, 0.25) is 0 Å². The molecule has 181 valence electrons. The predicted octanol–water partition coefficient (Wildman–Crippen LogP) is 8.38. The van der Waals surface area contributed by atoms with Gasteiger partial charge in [-0.1, -0.05) is 42.7 Å². The topological polar surface area (TPSA) is 30.8 Å². The molecule has 30 heavy (non-hydrogen) atoms. The molecule has 0 aromatic heterocycles. The first-order chi connectivity index (χ1) is 13.0. The monoisotopic (exact) mass is 690 g/mol. The molecule has 0 spiro atoms. The van der Waals surface area contributed by atoms with Gasteiger partial charge in [0.15, 0.2) is 0 Å². The number of methoxy groups -OCH3 is 1. The van der Waals surface area contributed by atoms with Gasteiger partial charge >= 0.3 is 0 Å². The molecule has 0 heterocycles. The van der Waals surface area contributed by atoms with E-state index in [0.717, 1.165) is 24.7 Å². The molecule has 0 saturated carbocycles. The first-order valence-electron chi connectivity index (χ1n) is 9.92. The Balaban J connectivity index is -0.0000000449. The van der Waals surface area contributed by atoms with E-state index in [0.29, 0.717) is 6.61 Å². The van der Waals surface area contributed by atoms with Gasteiger partial charge in [0.05, 0.1) is 5.71 Å². The first-order valence-corrected chi connectivity index (χ1v) is 11.2. The maximum atomic E-state index is 4.84. The number of oxime groups is 1. The van der Waals surface area contributed by atoms with E-state index in [2.05, 4.69) is 62.4 Å². The Kier molecular flexibility index (Phi) is 77.1. The minimum Gasteiger partial charge on any atom is -0.416 e. The molecular weight excluding hydrogens is 639 g/mol. The minimum absolute atomic E-state index is 0. The molecule has 0 aromatic rings. The van der Waals surface area contributed by atoms with Crippen molar-refractivity contribution in [2.75, 3.05) is 26.6 Å². The van der Waals surface area contributed by atoms with Gasteiger partial charge in [0, 0.05) is 60.9 Å². The molecule has 0 saturated heterocycles. The summed E-state index contributed by atoms with van der Waals surface area (Å²) in [6.45, 7) is 27.2. The van der Waals surface area contributed by atoms with Crippen molar-refractivity contribution in [1.29, 1.82) is 0 Å². The summed E-state index contributed by atoms with van der Waals surface area (Å²) in [6, 6.07) is 0. The molecule has 0 bridgehead atoms. The van der Waals surface area contributed by atoms with Gasteiger partial charge in [-0.25, -0.2) is 0 Å². The van der Waals surface area contributed by atoms with Crippen molar-refractivity contribution >= 4 is 17.5 Å². The van der Waals surface area contributed by atoms with E-state index in [9.17, 15) is 0 Å². The molecular formula is C24H51NO2SWY-2. The fourth-order valence-electron chi connectivity index (χ4n) is 0.949. The average Bonchev–Trinajstić information content (AvgIpc) is 2.54. The van der Waals surface area contributed by atoms with Crippen LogP contribution in [-0.2, 0) is 63.3 Å². The number of hydrogen-bond donors (Lipinski definition) is 0. The van der Waals surface area contributed by atoms with Crippen LogP contribution in [-0.4, -0.2) is 32.3 Å². The Bertz CT molecular complexity index is 338. The molecule has 0 unspecified atom stereocenters. The zero-order valence-corrected chi connectivity index (χ0v) is 28.9. The van der Waals surface area contributed by atoms with Gasteiger partial charge in [-0.3, -0.25) is 0 Å². The maximum absolute atomic E-state index is 4.84. The van der Waals surface area contributed by atoms with Crippen LogP contribution in [0.25, 0.3) is 0 Å². The van der Waals surface area contributed by atoms with Gasteiger partial charge < -0.3 is 22.4 Å². The van der Waals surface area contributed by atoms with Gasteiger partial charge in [-0.05, 0) is 60.1 Å². The van der Waals surface area contributed by atoms with Crippen molar-refractivity contribution in [2.24, 2.45) is 11.1 Å². The van der Waals surface area contributed by atoms with E-state index >= 15 is 0 Å². The second kappa shape index (κ2) is 47.7. The van der Waals surface area contributed by atoms with Gasteiger partial charge in [0.2, 0.25) is 0 Å². The van der Waals surface area contributed by atoms with Crippen molar-refractivity contribution < 1.29 is 63.3 Å². The Morgan fingerprint density at radius 2 is 1.50 bits per heavy atom. The Hall–Kier alpha value is 1.05. The summed E-state index contributed by atoms with van der Waals surface area (Å²) in [4.78, 5) is 4.68. The van der Waals surface area contributed by atoms with Gasteiger partial charge in [0.25, 0.3) is 0 Å². The zero-order valence-electron chi connectivity index (χ0n) is 22.3. The summed E-state index contributed by atoms with van der Waals surface area (Å²) >= 11 is 1.75. The van der Waals surface area contributed by atoms with Crippen molar-refractivity contribution in [3.63, 3.8) is 0 Å². The summed E-state index contributed by atoms with van der Waals surface area (Å²) in [6.07, 6.45) is 7.38. The van der Waals surface area contributed by atoms with E-state index in [1.165, 1.54) is 11.1 Å². The molecule has 1 radical (unpaired) electrons. The van der Waals surface area contributed by atoms with Crippen LogP contribution in [0.3, 0.4) is 0 Å². The molecule has 0 aromatic carbocycles. The molecule has 0 aliphatic carbocycles. The van der Waals surface area contributed by atoms with Gasteiger partial charge in [0.1, 0.15) is 6.61 Å². The molecule has 0 rings (SSSR count). The van der Waals surface area contributed by atoms with E-state index in [1.807, 2.05) is 54.9 Å². The van der Waals surface area contributed by atoms with Crippen LogP contribution < -0.4 is 0 Å². The van der Waals surface area contributed by atoms with Crippen LogP contribution in [0.1, 0.15) is 82.6 Å². The van der Waals surface area contributed by atoms with Gasteiger partial charge in [-0.2, -0.15) is 20.3 Å². The van der Waals surface area contributed by atoms with E-state index in [1.54, 1.807) is 18.9 Å². The summed E-state index contributed by atoms with van der Waals surface area (Å²) in [5.41, 5.74) is 3.50. The number of nitrogens with zero attached hydrogens (tertiary/aromatic N) is 1. The molecule has 0 fully saturated rings. The Morgan fingerprint density at radius 1 is 1.10 bits per heavy atom. The number of thioether (sulfide) groups is 1. The van der Waals surface area contributed by atoms with Crippen LogP contribution in [0.5, 0.6) is 0 Å². The summed E-state index contributed by atoms with van der Waals surface area (Å²) in [5.74, 6) is 0.769. The predicted molar refractivity (Wildman–Crippen MR) is 135 cm³/mol. The first kappa shape index (κ1) is 48.5. The molecule has 0 aliphatic rings. The van der Waals surface area contributed by atoms with Crippen LogP contribution >= 0.6 is 11.8 Å². The molecule has 0 N–H and O–H groups in total. The van der Waals surface area contributed by atoms with E-state index < -0.39 is 0 Å². The second-order valence-corrected chi connectivity index (χ2v) is 7.75. The maximum Gasteiger partial charge on any atom is 0.114 e. The minimum atomic E-state index is 0. The third kappa shape index (κ3) is 134. The largest absolute Gasteiger partial charge is 0.416 e. The quantitative estimate of drug-likeness (QED) is 0.0885. The summed E-state index contributed by atoms with van der Waals surface area (Å²) in [7, 11) is 1.72. The van der Waals surface area contributed by atoms with E-state index in [-0.39, 0.29) is 53.8 Å². The number of hydrogen-bond acceptors (Lipinski definition) is 4. The Labute approximate surface area is 235 Å². The molecule has 3 nitrogen and oxygen atoms in total. The fraction of sp³-hybridized carbons (Fsp3) is 0.708. The van der Waals surface area contributed by atoms with Crippen molar-refractivity contribution in [1.82, 2.24) is 0 Å². The third-order valence-corrected chi connectivity index (χ3v) is 2.36. The smallest absolute Gasteiger partial charge is 0.114 e. The van der Waals surface area contributed by atoms with Crippen LogP contribution in [0, 0.1) is 18.8 Å². The van der Waals surface area contributed by atoms with Gasteiger partial charge in [-0.15, -0.1) is 18.3 Å². The zero-order chi connectivity index (χ0) is 23.4. The van der Waals surface area contributed by atoms with Crippen molar-refractivity contribution in [2.45, 2.75) is 82.6 Å². The fourth-order valence-corrected chi connectivity index (χ4v) is 1.42. The number of ether oxygens (including phenoxy) is 1. The summed E-state index contributed by atoms with van der Waals surface area (Å²) < 4.78 is 4.84. The standard InChI is InChI=1S/C7H15O.C5H11NO.C5H10S.C4H8.C3H7.W.Y/c1-7(2)5-4-6-8-3;1-4-7-6-5(2)3;1-5(2)4-6-3;1-4(2)3;1-3-2;;/h4,7H,5-6H2,1-3H3;4H2,1-3H3;4H,1-3H3;1H2,2-3H3;3H,1-2H3;;/q-1;;;;-1;;. The van der Waals surface area contributed by atoms with E-state index in [4.69, 9.17) is 4.74 Å². The second-order valence-electron chi connectivity index (χ2n) is 7.05. The number of rotatable bonds is 7. The normalized spacial score (nSPS) is 7.67. The molecule has 6 heteroatoms. The Morgan fingerprint density at radius 3 is 1.63 bits per heavy atom. The molecule has 0 amide bonds. The molecule has 0 atom stereocenters. The van der Waals surface area contributed by atoms with Crippen molar-refractivity contribution in [3.8, 4) is 0 Å². The van der Waals surface area contributed by atoms with Crippen LogP contribution in [0.15, 0.2) is 28.3 Å². The number of allylic oxidation sites excluding steroid dienone is 2. The molecule has 0 aliphatic heterocycles. The third-order valence-electron chi connectivity index (χ3n) is 1.65. The van der Waals surface area contributed by atoms with Crippen molar-refractivity contribution in [3.05, 3.63) is 36.0 Å². The average molecular weight is 690 g/mol. The summed E-state index contributed by atoms with van der Waals surface area (Å²) in [5, 5.41) is 5.78. The van der Waals surface area contributed by atoms with Crippen LogP contribution in [0.4, 0.5) is 0 Å². The SMILES string of the molecule is C=C(C)C.CCON=C(C)C.COC[CH-]CC(C)C.CSC=C(C)C.C[CH-]C.[W].[Y].